The van der Waals surface area contributed by atoms with Gasteiger partial charge in [0.25, 0.3) is 0 Å². The molecular weight excluding hydrogens is 190 g/mol. The van der Waals surface area contributed by atoms with E-state index in [4.69, 9.17) is 10.2 Å². The Balaban J connectivity index is 2.44. The maximum absolute atomic E-state index is 9.42. The summed E-state index contributed by atoms with van der Waals surface area (Å²) in [5.74, 6) is 2.55. The van der Waals surface area contributed by atoms with Crippen LogP contribution in [0.3, 0.4) is 0 Å². The molecular formula is C12H19NO2. The van der Waals surface area contributed by atoms with Gasteiger partial charge in [0.15, 0.2) is 0 Å². The molecule has 1 aromatic heterocycles. The molecule has 0 aromatic carbocycles. The van der Waals surface area contributed by atoms with Crippen molar-refractivity contribution in [2.45, 2.75) is 38.6 Å². The predicted octanol–water partition coefficient (Wildman–Crippen LogP) is 1.74. The molecule has 1 aliphatic rings. The van der Waals surface area contributed by atoms with Crippen LogP contribution in [0.1, 0.15) is 43.8 Å². The summed E-state index contributed by atoms with van der Waals surface area (Å²) in [7, 11) is 0. The van der Waals surface area contributed by atoms with E-state index >= 15 is 0 Å². The van der Waals surface area contributed by atoms with E-state index in [-0.39, 0.29) is 12.5 Å². The van der Waals surface area contributed by atoms with Gasteiger partial charge in [-0.2, -0.15) is 0 Å². The maximum atomic E-state index is 9.42. The van der Waals surface area contributed by atoms with Gasteiger partial charge in [0, 0.05) is 17.9 Å². The van der Waals surface area contributed by atoms with Crippen molar-refractivity contribution in [3.63, 3.8) is 0 Å². The molecule has 0 spiro atoms. The molecule has 0 fully saturated rings. The molecule has 1 heterocycles. The molecule has 0 aliphatic heterocycles. The first-order valence-corrected chi connectivity index (χ1v) is 5.52. The Hall–Kier alpha value is -0.800. The summed E-state index contributed by atoms with van der Waals surface area (Å²) in [5, 5.41) is 9.42. The number of aliphatic hydroxyl groups is 1. The third kappa shape index (κ3) is 1.42. The van der Waals surface area contributed by atoms with Gasteiger partial charge in [-0.3, -0.25) is 0 Å². The molecule has 0 amide bonds. The van der Waals surface area contributed by atoms with Crippen molar-refractivity contribution < 1.29 is 9.52 Å². The van der Waals surface area contributed by atoms with Gasteiger partial charge >= 0.3 is 0 Å². The Bertz CT molecular complexity index is 370. The molecule has 15 heavy (non-hydrogen) atoms. The van der Waals surface area contributed by atoms with Crippen LogP contribution in [0.15, 0.2) is 10.5 Å². The summed E-state index contributed by atoms with van der Waals surface area (Å²) in [4.78, 5) is 0. The number of hydrogen-bond acceptors (Lipinski definition) is 3. The van der Waals surface area contributed by atoms with Crippen molar-refractivity contribution in [2.75, 3.05) is 6.61 Å². The highest BCUT2D eigenvalue weighted by Gasteiger charge is 2.43. The quantitative estimate of drug-likeness (QED) is 0.780. The molecule has 0 bridgehead atoms. The summed E-state index contributed by atoms with van der Waals surface area (Å²) >= 11 is 0. The number of rotatable bonds is 2. The van der Waals surface area contributed by atoms with Crippen LogP contribution in [0, 0.1) is 5.92 Å². The fourth-order valence-corrected chi connectivity index (χ4v) is 2.25. The Morgan fingerprint density at radius 1 is 1.67 bits per heavy atom. The molecule has 2 unspecified atom stereocenters. The van der Waals surface area contributed by atoms with Crippen LogP contribution < -0.4 is 5.73 Å². The number of fused-ring (bicyclic) bond motifs is 1. The van der Waals surface area contributed by atoms with Gasteiger partial charge in [-0.15, -0.1) is 0 Å². The van der Waals surface area contributed by atoms with Gasteiger partial charge in [0.05, 0.1) is 12.1 Å². The van der Waals surface area contributed by atoms with Gasteiger partial charge in [0.2, 0.25) is 0 Å². The molecule has 1 aromatic rings. The molecule has 3 nitrogen and oxygen atoms in total. The van der Waals surface area contributed by atoms with Gasteiger partial charge in [-0.05, 0) is 12.0 Å². The second-order valence-electron chi connectivity index (χ2n) is 4.94. The lowest BCUT2D eigenvalue weighted by atomic mass is 9.86. The Kier molecular flexibility index (Phi) is 2.40. The molecule has 1 aliphatic carbocycles. The first kappa shape index (κ1) is 10.7. The molecule has 2 atom stereocenters. The van der Waals surface area contributed by atoms with Gasteiger partial charge in [0.1, 0.15) is 11.5 Å². The lowest BCUT2D eigenvalue weighted by Crippen LogP contribution is -2.43. The van der Waals surface area contributed by atoms with E-state index < -0.39 is 5.54 Å². The highest BCUT2D eigenvalue weighted by molar-refractivity contribution is 5.36. The highest BCUT2D eigenvalue weighted by atomic mass is 16.3. The van der Waals surface area contributed by atoms with Crippen molar-refractivity contribution in [1.82, 2.24) is 0 Å². The normalized spacial score (nSPS) is 29.9. The van der Waals surface area contributed by atoms with Crippen LogP contribution in [0.4, 0.5) is 0 Å². The average molecular weight is 209 g/mol. The summed E-state index contributed by atoms with van der Waals surface area (Å²) in [6, 6.07) is 2.01. The molecule has 84 valence electrons. The third-order valence-electron chi connectivity index (χ3n) is 3.53. The van der Waals surface area contributed by atoms with E-state index in [1.807, 2.05) is 6.07 Å². The van der Waals surface area contributed by atoms with Crippen LogP contribution in [0.5, 0.6) is 0 Å². The average Bonchev–Trinajstić information content (AvgIpc) is 2.68. The Morgan fingerprint density at radius 3 is 2.87 bits per heavy atom. The predicted molar refractivity (Wildman–Crippen MR) is 58.6 cm³/mol. The van der Waals surface area contributed by atoms with Crippen LogP contribution >= 0.6 is 0 Å². The van der Waals surface area contributed by atoms with E-state index in [0.29, 0.717) is 5.92 Å². The van der Waals surface area contributed by atoms with Gasteiger partial charge in [-0.1, -0.05) is 20.8 Å². The second kappa shape index (κ2) is 3.35. The van der Waals surface area contributed by atoms with E-state index in [9.17, 15) is 5.11 Å². The van der Waals surface area contributed by atoms with Crippen LogP contribution in [0.2, 0.25) is 0 Å². The van der Waals surface area contributed by atoms with Crippen LogP contribution in [0.25, 0.3) is 0 Å². The maximum Gasteiger partial charge on any atom is 0.109 e. The number of hydrogen-bond donors (Lipinski definition) is 2. The van der Waals surface area contributed by atoms with Crippen molar-refractivity contribution in [3.8, 4) is 0 Å². The number of aliphatic hydroxyl groups excluding tert-OH is 1. The lowest BCUT2D eigenvalue weighted by molar-refractivity contribution is 0.159. The van der Waals surface area contributed by atoms with Gasteiger partial charge < -0.3 is 15.3 Å². The summed E-state index contributed by atoms with van der Waals surface area (Å²) in [6.45, 7) is 6.22. The Morgan fingerprint density at radius 2 is 2.33 bits per heavy atom. The zero-order chi connectivity index (χ0) is 11.2. The standard InChI is InChI=1S/C12H19NO2/c1-7(2)10-5-9-11(15-10)4-8(3)12(9,13)6-14/h5,7-8,14H,4,6,13H2,1-3H3. The van der Waals surface area contributed by atoms with Crippen LogP contribution in [-0.2, 0) is 12.0 Å². The monoisotopic (exact) mass is 209 g/mol. The minimum absolute atomic E-state index is 0.0156. The van der Waals surface area contributed by atoms with Crippen molar-refractivity contribution in [3.05, 3.63) is 23.2 Å². The summed E-state index contributed by atoms with van der Waals surface area (Å²) in [5.41, 5.74) is 6.61. The largest absolute Gasteiger partial charge is 0.465 e. The van der Waals surface area contributed by atoms with E-state index in [2.05, 4.69) is 20.8 Å². The number of nitrogens with two attached hydrogens (primary N) is 1. The minimum atomic E-state index is -0.605. The zero-order valence-corrected chi connectivity index (χ0v) is 9.58. The van der Waals surface area contributed by atoms with Crippen molar-refractivity contribution in [1.29, 1.82) is 0 Å². The SMILES string of the molecule is CC(C)c1cc2c(o1)CC(C)C2(N)CO. The molecule has 0 saturated carbocycles. The fraction of sp³-hybridized carbons (Fsp3) is 0.667. The lowest BCUT2D eigenvalue weighted by Gasteiger charge is -2.26. The second-order valence-corrected chi connectivity index (χ2v) is 4.94. The zero-order valence-electron chi connectivity index (χ0n) is 9.58. The first-order valence-electron chi connectivity index (χ1n) is 5.52. The molecule has 2 rings (SSSR count). The Labute approximate surface area is 90.3 Å². The molecule has 0 saturated heterocycles. The van der Waals surface area contributed by atoms with E-state index in [0.717, 1.165) is 23.5 Å². The van der Waals surface area contributed by atoms with Crippen molar-refractivity contribution in [2.24, 2.45) is 11.7 Å². The molecule has 3 N–H and O–H groups in total. The van der Waals surface area contributed by atoms with Crippen LogP contribution in [-0.4, -0.2) is 11.7 Å². The molecule has 3 heteroatoms. The summed E-state index contributed by atoms with van der Waals surface area (Å²) in [6.07, 6.45) is 0.832. The van der Waals surface area contributed by atoms with Crippen molar-refractivity contribution >= 4 is 0 Å². The third-order valence-corrected chi connectivity index (χ3v) is 3.53. The minimum Gasteiger partial charge on any atom is -0.465 e. The smallest absolute Gasteiger partial charge is 0.109 e. The van der Waals surface area contributed by atoms with E-state index in [1.165, 1.54) is 0 Å². The summed E-state index contributed by atoms with van der Waals surface area (Å²) < 4.78 is 5.76. The number of furan rings is 1. The topological polar surface area (TPSA) is 59.4 Å². The van der Waals surface area contributed by atoms with E-state index in [1.54, 1.807) is 0 Å². The first-order chi connectivity index (χ1) is 6.99. The molecule has 0 radical (unpaired) electrons. The highest BCUT2D eigenvalue weighted by Crippen LogP contribution is 2.41. The fourth-order valence-electron chi connectivity index (χ4n) is 2.25. The van der Waals surface area contributed by atoms with Gasteiger partial charge in [-0.25, -0.2) is 0 Å².